The average Bonchev–Trinajstić information content (AvgIpc) is 2.65. The van der Waals surface area contributed by atoms with Gasteiger partial charge in [0, 0.05) is 24.7 Å². The minimum atomic E-state index is 0.176. The Kier molecular flexibility index (Phi) is 5.39. The number of fused-ring (bicyclic) bond motifs is 1. The van der Waals surface area contributed by atoms with Crippen molar-refractivity contribution in [2.75, 3.05) is 32.6 Å². The van der Waals surface area contributed by atoms with Crippen LogP contribution < -0.4 is 9.64 Å². The molecular formula is C21H26N2O2. The number of aryl methyl sites for hydroxylation is 1. The van der Waals surface area contributed by atoms with Gasteiger partial charge in [-0.15, -0.1) is 0 Å². The smallest absolute Gasteiger partial charge is 0.227 e. The van der Waals surface area contributed by atoms with Gasteiger partial charge in [-0.2, -0.15) is 0 Å². The highest BCUT2D eigenvalue weighted by molar-refractivity contribution is 5.94. The van der Waals surface area contributed by atoms with Crippen molar-refractivity contribution < 1.29 is 9.53 Å². The van der Waals surface area contributed by atoms with Crippen molar-refractivity contribution in [3.63, 3.8) is 0 Å². The number of carbonyl (C=O) groups excluding carboxylic acids is 1. The quantitative estimate of drug-likeness (QED) is 0.834. The Morgan fingerprint density at radius 3 is 2.64 bits per heavy atom. The zero-order valence-electron chi connectivity index (χ0n) is 15.2. The second-order valence-corrected chi connectivity index (χ2v) is 6.68. The van der Waals surface area contributed by atoms with Crippen molar-refractivity contribution in [2.45, 2.75) is 25.3 Å². The molecular weight excluding hydrogens is 312 g/mol. The van der Waals surface area contributed by atoms with Crippen molar-refractivity contribution >= 4 is 11.6 Å². The molecule has 1 aliphatic rings. The fourth-order valence-electron chi connectivity index (χ4n) is 3.62. The van der Waals surface area contributed by atoms with Crippen molar-refractivity contribution in [3.05, 3.63) is 59.7 Å². The first-order valence-corrected chi connectivity index (χ1v) is 8.79. The summed E-state index contributed by atoms with van der Waals surface area (Å²) >= 11 is 0. The highest BCUT2D eigenvalue weighted by Gasteiger charge is 2.29. The fourth-order valence-corrected chi connectivity index (χ4v) is 3.62. The van der Waals surface area contributed by atoms with Gasteiger partial charge in [0.2, 0.25) is 5.91 Å². The third-order valence-corrected chi connectivity index (χ3v) is 4.94. The molecule has 1 atom stereocenters. The Morgan fingerprint density at radius 2 is 1.88 bits per heavy atom. The molecule has 1 unspecified atom stereocenters. The minimum Gasteiger partial charge on any atom is -0.496 e. The molecule has 0 bridgehead atoms. The van der Waals surface area contributed by atoms with E-state index in [0.29, 0.717) is 18.9 Å². The first kappa shape index (κ1) is 17.5. The number of hydrogen-bond donors (Lipinski definition) is 0. The number of para-hydroxylation sites is 2. The van der Waals surface area contributed by atoms with Gasteiger partial charge in [-0.1, -0.05) is 36.4 Å². The van der Waals surface area contributed by atoms with E-state index >= 15 is 0 Å². The van der Waals surface area contributed by atoms with E-state index in [0.717, 1.165) is 30.0 Å². The number of ether oxygens (including phenoxy) is 1. The first-order valence-electron chi connectivity index (χ1n) is 8.79. The Balaban J connectivity index is 1.75. The summed E-state index contributed by atoms with van der Waals surface area (Å²) in [5, 5.41) is 0. The zero-order valence-corrected chi connectivity index (χ0v) is 15.2. The molecule has 25 heavy (non-hydrogen) atoms. The van der Waals surface area contributed by atoms with Gasteiger partial charge in [0.1, 0.15) is 5.75 Å². The van der Waals surface area contributed by atoms with Gasteiger partial charge >= 0.3 is 0 Å². The van der Waals surface area contributed by atoms with Gasteiger partial charge in [-0.25, -0.2) is 0 Å². The molecule has 0 aliphatic carbocycles. The SMILES string of the molecule is COc1ccccc1CCC(=O)N1CCC(N(C)C)c2ccccc21. The van der Waals surface area contributed by atoms with E-state index in [2.05, 4.69) is 37.2 Å². The summed E-state index contributed by atoms with van der Waals surface area (Å²) in [6.45, 7) is 0.768. The number of hydrogen-bond acceptors (Lipinski definition) is 3. The van der Waals surface area contributed by atoms with Crippen LogP contribution >= 0.6 is 0 Å². The molecule has 0 radical (unpaired) electrons. The highest BCUT2D eigenvalue weighted by Crippen LogP contribution is 2.36. The van der Waals surface area contributed by atoms with E-state index in [1.807, 2.05) is 35.2 Å². The molecule has 1 amide bonds. The van der Waals surface area contributed by atoms with E-state index in [1.54, 1.807) is 7.11 Å². The van der Waals surface area contributed by atoms with Crippen LogP contribution in [0.3, 0.4) is 0 Å². The molecule has 0 spiro atoms. The maximum atomic E-state index is 12.9. The van der Waals surface area contributed by atoms with Crippen LogP contribution in [-0.4, -0.2) is 38.6 Å². The Labute approximate surface area is 150 Å². The number of methoxy groups -OCH3 is 1. The number of anilines is 1. The molecule has 2 aromatic rings. The van der Waals surface area contributed by atoms with Crippen LogP contribution in [0.1, 0.15) is 30.0 Å². The maximum Gasteiger partial charge on any atom is 0.227 e. The molecule has 0 saturated heterocycles. The van der Waals surface area contributed by atoms with Crippen LogP contribution in [0.25, 0.3) is 0 Å². The monoisotopic (exact) mass is 338 g/mol. The van der Waals surface area contributed by atoms with Crippen LogP contribution in [0.4, 0.5) is 5.69 Å². The fraction of sp³-hybridized carbons (Fsp3) is 0.381. The summed E-state index contributed by atoms with van der Waals surface area (Å²) in [4.78, 5) is 17.1. The van der Waals surface area contributed by atoms with Crippen LogP contribution in [0.2, 0.25) is 0 Å². The lowest BCUT2D eigenvalue weighted by Crippen LogP contribution is -2.39. The minimum absolute atomic E-state index is 0.176. The maximum absolute atomic E-state index is 12.9. The Hall–Kier alpha value is -2.33. The van der Waals surface area contributed by atoms with E-state index in [9.17, 15) is 4.79 Å². The Bertz CT molecular complexity index is 742. The van der Waals surface area contributed by atoms with Crippen molar-refractivity contribution in [2.24, 2.45) is 0 Å². The van der Waals surface area contributed by atoms with Gasteiger partial charge in [-0.3, -0.25) is 4.79 Å². The number of amides is 1. The molecule has 0 N–H and O–H groups in total. The molecule has 1 aliphatic heterocycles. The van der Waals surface area contributed by atoms with Gasteiger partial charge in [-0.05, 0) is 50.2 Å². The van der Waals surface area contributed by atoms with Crippen LogP contribution in [0.5, 0.6) is 5.75 Å². The third kappa shape index (κ3) is 3.69. The number of nitrogens with zero attached hydrogens (tertiary/aromatic N) is 2. The summed E-state index contributed by atoms with van der Waals surface area (Å²) in [5.74, 6) is 1.03. The lowest BCUT2D eigenvalue weighted by atomic mass is 9.95. The van der Waals surface area contributed by atoms with Gasteiger partial charge in [0.05, 0.1) is 7.11 Å². The predicted octanol–water partition coefficient (Wildman–Crippen LogP) is 3.67. The van der Waals surface area contributed by atoms with Gasteiger partial charge in [0.25, 0.3) is 0 Å². The summed E-state index contributed by atoms with van der Waals surface area (Å²) in [5.41, 5.74) is 3.37. The van der Waals surface area contributed by atoms with Crippen LogP contribution in [0.15, 0.2) is 48.5 Å². The molecule has 2 aromatic carbocycles. The molecule has 0 saturated carbocycles. The van der Waals surface area contributed by atoms with Crippen LogP contribution in [-0.2, 0) is 11.2 Å². The normalized spacial score (nSPS) is 16.6. The standard InChI is InChI=1S/C21H26N2O2/c1-22(2)18-14-15-23(19-10-6-5-9-17(18)19)21(24)13-12-16-8-4-7-11-20(16)25-3/h4-11,18H,12-15H2,1-3H3. The number of benzene rings is 2. The predicted molar refractivity (Wildman–Crippen MR) is 101 cm³/mol. The topological polar surface area (TPSA) is 32.8 Å². The molecule has 0 aromatic heterocycles. The Morgan fingerprint density at radius 1 is 1.16 bits per heavy atom. The molecule has 0 fully saturated rings. The van der Waals surface area contributed by atoms with E-state index in [-0.39, 0.29) is 5.91 Å². The second kappa shape index (κ2) is 7.70. The van der Waals surface area contributed by atoms with Gasteiger partial charge in [0.15, 0.2) is 0 Å². The summed E-state index contributed by atoms with van der Waals surface area (Å²) in [6.07, 6.45) is 2.14. The number of rotatable bonds is 5. The van der Waals surface area contributed by atoms with E-state index in [4.69, 9.17) is 4.74 Å². The molecule has 3 rings (SSSR count). The molecule has 132 valence electrons. The van der Waals surface area contributed by atoms with E-state index in [1.165, 1.54) is 5.56 Å². The number of carbonyl (C=O) groups is 1. The molecule has 4 heteroatoms. The lowest BCUT2D eigenvalue weighted by Gasteiger charge is -2.37. The van der Waals surface area contributed by atoms with Crippen molar-refractivity contribution in [3.8, 4) is 5.75 Å². The summed E-state index contributed by atoms with van der Waals surface area (Å²) in [6, 6.07) is 16.5. The van der Waals surface area contributed by atoms with Crippen molar-refractivity contribution in [1.82, 2.24) is 4.90 Å². The van der Waals surface area contributed by atoms with Crippen LogP contribution in [0, 0.1) is 0 Å². The third-order valence-electron chi connectivity index (χ3n) is 4.94. The summed E-state index contributed by atoms with van der Waals surface area (Å²) in [7, 11) is 5.87. The lowest BCUT2D eigenvalue weighted by molar-refractivity contribution is -0.118. The second-order valence-electron chi connectivity index (χ2n) is 6.68. The largest absolute Gasteiger partial charge is 0.496 e. The van der Waals surface area contributed by atoms with Crippen molar-refractivity contribution in [1.29, 1.82) is 0 Å². The summed E-state index contributed by atoms with van der Waals surface area (Å²) < 4.78 is 5.39. The average molecular weight is 338 g/mol. The zero-order chi connectivity index (χ0) is 17.8. The molecule has 1 heterocycles. The van der Waals surface area contributed by atoms with E-state index < -0.39 is 0 Å². The first-order chi connectivity index (χ1) is 12.1. The highest BCUT2D eigenvalue weighted by atomic mass is 16.5. The molecule has 4 nitrogen and oxygen atoms in total. The van der Waals surface area contributed by atoms with Gasteiger partial charge < -0.3 is 14.5 Å².